The van der Waals surface area contributed by atoms with Crippen LogP contribution in [0.25, 0.3) is 0 Å². The van der Waals surface area contributed by atoms with E-state index in [4.69, 9.17) is 4.74 Å². The van der Waals surface area contributed by atoms with Crippen molar-refractivity contribution in [2.45, 2.75) is 64.6 Å². The Labute approximate surface area is 265 Å². The van der Waals surface area contributed by atoms with Gasteiger partial charge in [-0.25, -0.2) is 0 Å². The minimum atomic E-state index is -0.414. The Morgan fingerprint density at radius 2 is 1.49 bits per heavy atom. The van der Waals surface area contributed by atoms with Gasteiger partial charge in [0, 0.05) is 36.7 Å². The molecule has 45 heavy (non-hydrogen) atoms. The zero-order chi connectivity index (χ0) is 31.6. The Kier molecular flexibility index (Phi) is 8.79. The smallest absolute Gasteiger partial charge is 0.269 e. The Hall–Kier alpha value is -4.40. The number of nitrogens with zero attached hydrogens (tertiary/aromatic N) is 4. The molecular formula is C37H41N5O3. The van der Waals surface area contributed by atoms with Crippen molar-refractivity contribution in [3.05, 3.63) is 128 Å². The highest BCUT2D eigenvalue weighted by Crippen LogP contribution is 2.46. The lowest BCUT2D eigenvalue weighted by Gasteiger charge is -2.38. The number of azo groups is 1. The normalized spacial score (nSPS) is 18.8. The summed E-state index contributed by atoms with van der Waals surface area (Å²) < 4.78 is 6.76. The number of nitro benzene ring substituents is 1. The van der Waals surface area contributed by atoms with Crippen molar-refractivity contribution >= 4 is 17.1 Å². The van der Waals surface area contributed by atoms with Crippen molar-refractivity contribution < 1.29 is 9.66 Å². The number of hydrogen-bond donors (Lipinski definition) is 1. The molecule has 0 spiro atoms. The van der Waals surface area contributed by atoms with E-state index in [9.17, 15) is 10.1 Å². The molecule has 0 unspecified atom stereocenters. The van der Waals surface area contributed by atoms with Gasteiger partial charge >= 0.3 is 0 Å². The van der Waals surface area contributed by atoms with Crippen LogP contribution in [0.1, 0.15) is 59.2 Å². The van der Waals surface area contributed by atoms with Gasteiger partial charge in [-0.1, -0.05) is 60.7 Å². The largest absolute Gasteiger partial charge is 0.485 e. The van der Waals surface area contributed by atoms with E-state index >= 15 is 0 Å². The minimum absolute atomic E-state index is 0.0372. The predicted molar refractivity (Wildman–Crippen MR) is 178 cm³/mol. The SMILES string of the molecule is Cc1c(C)c2c(c(C)c1N=Nc1ccc([N+](=O)[O-])cc1)C[C@@](C)(CN1CCC(NC(c3ccccc3)c3ccccc3)CC1)O2. The van der Waals surface area contributed by atoms with Crippen LogP contribution < -0.4 is 10.1 Å². The molecule has 1 fully saturated rings. The first-order valence-electron chi connectivity index (χ1n) is 15.8. The van der Waals surface area contributed by atoms with E-state index in [0.29, 0.717) is 11.7 Å². The van der Waals surface area contributed by atoms with Crippen molar-refractivity contribution in [3.8, 4) is 5.75 Å². The summed E-state index contributed by atoms with van der Waals surface area (Å²) in [6, 6.07) is 28.2. The fourth-order valence-electron chi connectivity index (χ4n) is 6.81. The third-order valence-corrected chi connectivity index (χ3v) is 9.38. The van der Waals surface area contributed by atoms with E-state index in [2.05, 4.69) is 109 Å². The maximum Gasteiger partial charge on any atom is 0.269 e. The summed E-state index contributed by atoms with van der Waals surface area (Å²) in [6.45, 7) is 11.4. The summed E-state index contributed by atoms with van der Waals surface area (Å²) in [4.78, 5) is 13.1. The van der Waals surface area contributed by atoms with E-state index in [-0.39, 0.29) is 17.3 Å². The molecule has 4 aromatic carbocycles. The number of nitro groups is 1. The number of non-ortho nitro benzene ring substituents is 1. The summed E-state index contributed by atoms with van der Waals surface area (Å²) in [5, 5.41) is 24.0. The van der Waals surface area contributed by atoms with Crippen LogP contribution in [0.2, 0.25) is 0 Å². The summed E-state index contributed by atoms with van der Waals surface area (Å²) in [7, 11) is 0. The van der Waals surface area contributed by atoms with Crippen LogP contribution in [0, 0.1) is 30.9 Å². The third-order valence-electron chi connectivity index (χ3n) is 9.38. The lowest BCUT2D eigenvalue weighted by Crippen LogP contribution is -2.50. The second kappa shape index (κ2) is 12.9. The summed E-state index contributed by atoms with van der Waals surface area (Å²) in [5.41, 5.74) is 8.14. The van der Waals surface area contributed by atoms with E-state index in [1.807, 2.05) is 0 Å². The zero-order valence-electron chi connectivity index (χ0n) is 26.5. The molecule has 2 heterocycles. The molecule has 8 nitrogen and oxygen atoms in total. The second-order valence-corrected chi connectivity index (χ2v) is 12.7. The predicted octanol–water partition coefficient (Wildman–Crippen LogP) is 8.47. The molecule has 2 aliphatic heterocycles. The lowest BCUT2D eigenvalue weighted by atomic mass is 9.91. The number of likely N-dealkylation sites (tertiary alicyclic amines) is 1. The minimum Gasteiger partial charge on any atom is -0.485 e. The van der Waals surface area contributed by atoms with Crippen molar-refractivity contribution in [2.75, 3.05) is 19.6 Å². The van der Waals surface area contributed by atoms with Crippen LogP contribution in [0.15, 0.2) is 95.2 Å². The Morgan fingerprint density at radius 3 is 2.07 bits per heavy atom. The summed E-state index contributed by atoms with van der Waals surface area (Å²) in [6.07, 6.45) is 2.99. The topological polar surface area (TPSA) is 92.4 Å². The van der Waals surface area contributed by atoms with E-state index in [1.54, 1.807) is 12.1 Å². The quantitative estimate of drug-likeness (QED) is 0.118. The molecule has 232 valence electrons. The number of benzene rings is 4. The van der Waals surface area contributed by atoms with Gasteiger partial charge in [-0.15, -0.1) is 5.11 Å². The molecule has 1 atom stereocenters. The molecule has 4 aromatic rings. The van der Waals surface area contributed by atoms with E-state index < -0.39 is 4.92 Å². The third kappa shape index (κ3) is 6.67. The molecular weight excluding hydrogens is 562 g/mol. The standard InChI is InChI=1S/C37H41N5O3/c1-25-26(2)36-33(27(3)34(25)40-39-31-15-17-32(18-16-31)42(43)44)23-37(4,45-36)24-41-21-19-30(20-22-41)38-35(28-11-7-5-8-12-28)29-13-9-6-10-14-29/h5-18,30,35,38H,19-24H2,1-4H3/t37-/m0/s1. The highest BCUT2D eigenvalue weighted by molar-refractivity contribution is 5.66. The van der Waals surface area contributed by atoms with E-state index in [1.165, 1.54) is 28.8 Å². The van der Waals surface area contributed by atoms with Gasteiger partial charge in [0.15, 0.2) is 0 Å². The molecule has 0 saturated carbocycles. The van der Waals surface area contributed by atoms with E-state index in [0.717, 1.165) is 67.0 Å². The molecule has 8 heteroatoms. The second-order valence-electron chi connectivity index (χ2n) is 12.7. The molecule has 2 aliphatic rings. The van der Waals surface area contributed by atoms with Crippen molar-refractivity contribution in [1.82, 2.24) is 10.2 Å². The maximum atomic E-state index is 11.0. The van der Waals surface area contributed by atoms with Gasteiger partial charge in [0.2, 0.25) is 0 Å². The average Bonchev–Trinajstić information content (AvgIpc) is 3.41. The van der Waals surface area contributed by atoms with Crippen LogP contribution in [0.5, 0.6) is 5.75 Å². The number of nitrogens with one attached hydrogen (secondary N) is 1. The number of ether oxygens (including phenoxy) is 1. The van der Waals surface area contributed by atoms with Gasteiger partial charge in [-0.05, 0) is 93.6 Å². The number of rotatable bonds is 9. The molecule has 0 radical (unpaired) electrons. The van der Waals surface area contributed by atoms with Gasteiger partial charge in [-0.2, -0.15) is 5.11 Å². The number of hydrogen-bond acceptors (Lipinski definition) is 7. The van der Waals surface area contributed by atoms with Crippen LogP contribution in [-0.4, -0.2) is 41.1 Å². The van der Waals surface area contributed by atoms with Crippen LogP contribution in [0.4, 0.5) is 17.1 Å². The Bertz CT molecular complexity index is 1640. The maximum absolute atomic E-state index is 11.0. The average molecular weight is 604 g/mol. The van der Waals surface area contributed by atoms with Crippen molar-refractivity contribution in [3.63, 3.8) is 0 Å². The molecule has 0 bridgehead atoms. The summed E-state index contributed by atoms with van der Waals surface area (Å²) in [5.74, 6) is 0.979. The Balaban J connectivity index is 1.11. The fraction of sp³-hybridized carbons (Fsp3) is 0.351. The molecule has 0 aliphatic carbocycles. The van der Waals surface area contributed by atoms with Crippen LogP contribution in [0.3, 0.4) is 0 Å². The zero-order valence-corrected chi connectivity index (χ0v) is 26.5. The van der Waals surface area contributed by atoms with Gasteiger partial charge in [0.25, 0.3) is 5.69 Å². The lowest BCUT2D eigenvalue weighted by molar-refractivity contribution is -0.384. The molecule has 1 saturated heterocycles. The monoisotopic (exact) mass is 603 g/mol. The van der Waals surface area contributed by atoms with Gasteiger partial charge in [0.05, 0.1) is 22.3 Å². The van der Waals surface area contributed by atoms with Gasteiger partial charge in [0.1, 0.15) is 11.4 Å². The Morgan fingerprint density at radius 1 is 0.889 bits per heavy atom. The highest BCUT2D eigenvalue weighted by atomic mass is 16.6. The first kappa shape index (κ1) is 30.6. The number of piperidine rings is 1. The van der Waals surface area contributed by atoms with Gasteiger partial charge < -0.3 is 10.1 Å². The molecule has 0 amide bonds. The van der Waals surface area contributed by atoms with Gasteiger partial charge in [-0.3, -0.25) is 15.0 Å². The van der Waals surface area contributed by atoms with Crippen molar-refractivity contribution in [2.24, 2.45) is 10.2 Å². The fourth-order valence-corrected chi connectivity index (χ4v) is 6.81. The van der Waals surface area contributed by atoms with Crippen LogP contribution in [-0.2, 0) is 6.42 Å². The summed E-state index contributed by atoms with van der Waals surface area (Å²) >= 11 is 0. The molecule has 6 rings (SSSR count). The highest BCUT2D eigenvalue weighted by Gasteiger charge is 2.40. The van der Waals surface area contributed by atoms with Crippen molar-refractivity contribution in [1.29, 1.82) is 0 Å². The molecule has 1 N–H and O–H groups in total. The first-order valence-corrected chi connectivity index (χ1v) is 15.8. The molecule has 0 aromatic heterocycles. The van der Waals surface area contributed by atoms with Crippen LogP contribution >= 0.6 is 0 Å². The first-order chi connectivity index (χ1) is 21.7. The number of fused-ring (bicyclic) bond motifs is 1.